The van der Waals surface area contributed by atoms with Crippen LogP contribution in [0.2, 0.25) is 0 Å². The van der Waals surface area contributed by atoms with Crippen molar-refractivity contribution in [2.75, 3.05) is 19.7 Å². The van der Waals surface area contributed by atoms with E-state index in [4.69, 9.17) is 9.47 Å². The van der Waals surface area contributed by atoms with Crippen LogP contribution in [0.3, 0.4) is 0 Å². The second kappa shape index (κ2) is 5.90. The van der Waals surface area contributed by atoms with Gasteiger partial charge in [0.1, 0.15) is 11.7 Å². The normalized spacial score (nSPS) is 22.6. The highest BCUT2D eigenvalue weighted by Crippen LogP contribution is 2.36. The van der Waals surface area contributed by atoms with Crippen LogP contribution in [0.25, 0.3) is 0 Å². The van der Waals surface area contributed by atoms with Crippen molar-refractivity contribution in [3.05, 3.63) is 41.0 Å². The van der Waals surface area contributed by atoms with Crippen molar-refractivity contribution >= 4 is 17.2 Å². The van der Waals surface area contributed by atoms with Crippen molar-refractivity contribution in [2.45, 2.75) is 24.5 Å². The molecule has 2 aliphatic rings. The molecule has 0 saturated carbocycles. The maximum absolute atomic E-state index is 12.3. The minimum absolute atomic E-state index is 0.0545. The summed E-state index contributed by atoms with van der Waals surface area (Å²) >= 11 is 1.54. The van der Waals surface area contributed by atoms with E-state index in [0.717, 1.165) is 18.4 Å². The molecule has 1 amide bonds. The highest BCUT2D eigenvalue weighted by Gasteiger charge is 2.50. The third-order valence-electron chi connectivity index (χ3n) is 4.29. The maximum atomic E-state index is 12.3. The molecule has 1 spiro atoms. The van der Waals surface area contributed by atoms with Crippen LogP contribution in [0.1, 0.15) is 23.2 Å². The number of ether oxygens (including phenoxy) is 2. The Bertz CT molecular complexity index is 671. The van der Waals surface area contributed by atoms with Crippen LogP contribution in [-0.2, 0) is 4.74 Å². The second-order valence-electron chi connectivity index (χ2n) is 5.98. The van der Waals surface area contributed by atoms with Crippen LogP contribution >= 0.6 is 11.3 Å². The summed E-state index contributed by atoms with van der Waals surface area (Å²) in [6, 6.07) is 1.86. The first-order valence-corrected chi connectivity index (χ1v) is 8.57. The third-order valence-corrected chi connectivity index (χ3v) is 4.97. The van der Waals surface area contributed by atoms with Gasteiger partial charge in [-0.1, -0.05) is 0 Å². The number of hydrogen-bond donors (Lipinski definition) is 0. The van der Waals surface area contributed by atoms with Crippen molar-refractivity contribution in [3.8, 4) is 5.88 Å². The van der Waals surface area contributed by atoms with Crippen molar-refractivity contribution in [1.82, 2.24) is 14.9 Å². The quantitative estimate of drug-likeness (QED) is 0.860. The summed E-state index contributed by atoms with van der Waals surface area (Å²) in [5.74, 6) is 0.623. The fraction of sp³-hybridized carbons (Fsp3) is 0.438. The summed E-state index contributed by atoms with van der Waals surface area (Å²) in [5, 5.41) is 3.81. The molecule has 0 bridgehead atoms. The number of nitrogens with zero attached hydrogens (tertiary/aromatic N) is 3. The Balaban J connectivity index is 1.36. The molecule has 1 atom stereocenters. The van der Waals surface area contributed by atoms with Gasteiger partial charge in [0.15, 0.2) is 0 Å². The Hall–Kier alpha value is -1.99. The van der Waals surface area contributed by atoms with Crippen LogP contribution in [-0.4, -0.2) is 52.2 Å². The zero-order chi connectivity index (χ0) is 15.7. The third kappa shape index (κ3) is 2.94. The average Bonchev–Trinajstić information content (AvgIpc) is 3.07. The van der Waals surface area contributed by atoms with E-state index in [1.807, 2.05) is 21.7 Å². The first-order valence-electron chi connectivity index (χ1n) is 7.62. The fourth-order valence-corrected chi connectivity index (χ4v) is 3.81. The Morgan fingerprint density at radius 2 is 2.35 bits per heavy atom. The van der Waals surface area contributed by atoms with E-state index in [0.29, 0.717) is 25.6 Å². The van der Waals surface area contributed by atoms with Gasteiger partial charge in [0.2, 0.25) is 5.88 Å². The number of hydrogen-bond acceptors (Lipinski definition) is 6. The standard InChI is InChI=1S/C16H17N3O3S/c20-15(12-2-6-23-9-12)19-10-16(11-19)7-13(1-5-21-16)22-14-8-17-3-4-18-14/h2-4,6,8-9,13H,1,5,7,10-11H2/t13-/m0/s1. The van der Waals surface area contributed by atoms with Gasteiger partial charge >= 0.3 is 0 Å². The van der Waals surface area contributed by atoms with E-state index in [1.165, 1.54) is 11.3 Å². The number of carbonyl (C=O) groups is 1. The molecule has 6 nitrogen and oxygen atoms in total. The summed E-state index contributed by atoms with van der Waals surface area (Å²) in [4.78, 5) is 22.3. The van der Waals surface area contributed by atoms with Crippen molar-refractivity contribution in [1.29, 1.82) is 0 Å². The zero-order valence-corrected chi connectivity index (χ0v) is 13.4. The molecule has 0 aromatic carbocycles. The van der Waals surface area contributed by atoms with E-state index in [2.05, 4.69) is 9.97 Å². The molecular weight excluding hydrogens is 314 g/mol. The number of thiophene rings is 1. The van der Waals surface area contributed by atoms with Gasteiger partial charge in [-0.15, -0.1) is 0 Å². The van der Waals surface area contributed by atoms with E-state index >= 15 is 0 Å². The van der Waals surface area contributed by atoms with Crippen LogP contribution in [0, 0.1) is 0 Å². The van der Waals surface area contributed by atoms with Crippen LogP contribution in [0.15, 0.2) is 35.4 Å². The van der Waals surface area contributed by atoms with E-state index in [1.54, 1.807) is 18.6 Å². The van der Waals surface area contributed by atoms with Crippen LogP contribution < -0.4 is 4.74 Å². The molecule has 0 N–H and O–H groups in total. The lowest BCUT2D eigenvalue weighted by atomic mass is 9.84. The Morgan fingerprint density at radius 1 is 1.43 bits per heavy atom. The minimum Gasteiger partial charge on any atom is -0.473 e. The first kappa shape index (κ1) is 14.6. The summed E-state index contributed by atoms with van der Waals surface area (Å²) < 4.78 is 11.9. The second-order valence-corrected chi connectivity index (χ2v) is 6.76. The Morgan fingerprint density at radius 3 is 3.09 bits per heavy atom. The number of rotatable bonds is 3. The van der Waals surface area contributed by atoms with Crippen LogP contribution in [0.5, 0.6) is 5.88 Å². The number of aromatic nitrogens is 2. The number of amides is 1. The van der Waals surface area contributed by atoms with Gasteiger partial charge in [-0.3, -0.25) is 9.78 Å². The number of likely N-dealkylation sites (tertiary alicyclic amines) is 1. The van der Waals surface area contributed by atoms with E-state index < -0.39 is 0 Å². The lowest BCUT2D eigenvalue weighted by Gasteiger charge is -2.52. The molecule has 23 heavy (non-hydrogen) atoms. The van der Waals surface area contributed by atoms with Gasteiger partial charge in [0.25, 0.3) is 5.91 Å². The fourth-order valence-electron chi connectivity index (χ4n) is 3.18. The molecule has 120 valence electrons. The highest BCUT2D eigenvalue weighted by atomic mass is 32.1. The van der Waals surface area contributed by atoms with Gasteiger partial charge in [0, 0.05) is 30.6 Å². The largest absolute Gasteiger partial charge is 0.473 e. The van der Waals surface area contributed by atoms with Crippen molar-refractivity contribution in [2.24, 2.45) is 0 Å². The Labute approximate surface area is 138 Å². The van der Waals surface area contributed by atoms with E-state index in [9.17, 15) is 4.79 Å². The molecule has 4 heterocycles. The van der Waals surface area contributed by atoms with Crippen molar-refractivity contribution in [3.63, 3.8) is 0 Å². The molecule has 0 unspecified atom stereocenters. The topological polar surface area (TPSA) is 64.6 Å². The molecule has 2 aromatic rings. The molecule has 7 heteroatoms. The molecular formula is C16H17N3O3S. The van der Waals surface area contributed by atoms with Gasteiger partial charge in [-0.2, -0.15) is 11.3 Å². The average molecular weight is 331 g/mol. The summed E-state index contributed by atoms with van der Waals surface area (Å²) in [6.07, 6.45) is 6.52. The molecule has 0 aliphatic carbocycles. The summed E-state index contributed by atoms with van der Waals surface area (Å²) in [7, 11) is 0. The molecule has 2 aliphatic heterocycles. The lowest BCUT2D eigenvalue weighted by molar-refractivity contribution is -0.174. The first-order chi connectivity index (χ1) is 11.2. The van der Waals surface area contributed by atoms with Gasteiger partial charge in [-0.05, 0) is 11.4 Å². The van der Waals surface area contributed by atoms with Crippen molar-refractivity contribution < 1.29 is 14.3 Å². The van der Waals surface area contributed by atoms with Gasteiger partial charge in [-0.25, -0.2) is 4.98 Å². The molecule has 2 aromatic heterocycles. The highest BCUT2D eigenvalue weighted by molar-refractivity contribution is 7.08. The lowest BCUT2D eigenvalue weighted by Crippen LogP contribution is -2.67. The van der Waals surface area contributed by atoms with Crippen LogP contribution in [0.4, 0.5) is 0 Å². The summed E-state index contributed by atoms with van der Waals surface area (Å²) in [5.41, 5.74) is 0.490. The van der Waals surface area contributed by atoms with Gasteiger partial charge in [0.05, 0.1) is 31.5 Å². The molecule has 2 saturated heterocycles. The van der Waals surface area contributed by atoms with Gasteiger partial charge < -0.3 is 14.4 Å². The maximum Gasteiger partial charge on any atom is 0.254 e. The predicted molar refractivity (Wildman–Crippen MR) is 84.6 cm³/mol. The molecule has 0 radical (unpaired) electrons. The smallest absolute Gasteiger partial charge is 0.254 e. The monoisotopic (exact) mass is 331 g/mol. The number of carbonyl (C=O) groups excluding carboxylic acids is 1. The molecule has 2 fully saturated rings. The zero-order valence-electron chi connectivity index (χ0n) is 12.6. The minimum atomic E-state index is -0.267. The molecule has 4 rings (SSSR count). The summed E-state index contributed by atoms with van der Waals surface area (Å²) in [6.45, 7) is 1.90. The Kier molecular flexibility index (Phi) is 3.74. The van der Waals surface area contributed by atoms with E-state index in [-0.39, 0.29) is 17.6 Å². The SMILES string of the molecule is O=C(c1ccsc1)N1CC2(C[C@@H](Oc3cnccn3)CCO2)C1. The predicted octanol–water partition coefficient (Wildman–Crippen LogP) is 1.99.